The Labute approximate surface area is 63.8 Å². The van der Waals surface area contributed by atoms with Crippen molar-refractivity contribution in [2.75, 3.05) is 0 Å². The van der Waals surface area contributed by atoms with Crippen molar-refractivity contribution < 1.29 is 19.8 Å². The van der Waals surface area contributed by atoms with Crippen LogP contribution in [0.3, 0.4) is 0 Å². The third-order valence-electron chi connectivity index (χ3n) is 1.45. The van der Waals surface area contributed by atoms with E-state index in [1.165, 1.54) is 6.92 Å². The lowest BCUT2D eigenvalue weighted by molar-refractivity contribution is -0.322. The van der Waals surface area contributed by atoms with E-state index >= 15 is 0 Å². The largest absolute Gasteiger partial charge is 0.550 e. The van der Waals surface area contributed by atoms with E-state index in [2.05, 4.69) is 0 Å². The molecule has 0 heterocycles. The lowest BCUT2D eigenvalue weighted by atomic mass is 9.98. The second-order valence-electron chi connectivity index (χ2n) is 2.18. The van der Waals surface area contributed by atoms with E-state index in [1.54, 1.807) is 0 Å². The van der Waals surface area contributed by atoms with Crippen LogP contribution in [-0.4, -0.2) is 18.0 Å². The van der Waals surface area contributed by atoms with Gasteiger partial charge in [0.05, 0.1) is 12.0 Å². The van der Waals surface area contributed by atoms with Gasteiger partial charge in [-0.3, -0.25) is 0 Å². The topological polar surface area (TPSA) is 106 Å². The van der Waals surface area contributed by atoms with Gasteiger partial charge in [-0.15, -0.1) is 0 Å². The van der Waals surface area contributed by atoms with Gasteiger partial charge in [0, 0.05) is 11.9 Å². The van der Waals surface area contributed by atoms with Gasteiger partial charge in [0.15, 0.2) is 0 Å². The molecule has 5 heteroatoms. The molecule has 0 bridgehead atoms. The van der Waals surface area contributed by atoms with E-state index in [4.69, 9.17) is 5.73 Å². The molecule has 0 aromatic carbocycles. The highest BCUT2D eigenvalue weighted by Gasteiger charge is 2.17. The van der Waals surface area contributed by atoms with Crippen LogP contribution in [0.4, 0.5) is 0 Å². The van der Waals surface area contributed by atoms with Crippen LogP contribution < -0.4 is 15.9 Å². The molecule has 0 aliphatic heterocycles. The van der Waals surface area contributed by atoms with Gasteiger partial charge in [0.25, 0.3) is 0 Å². The monoisotopic (exact) mass is 159 g/mol. The summed E-state index contributed by atoms with van der Waals surface area (Å²) in [7, 11) is 0. The standard InChI is InChI=1S/C6H11NO4/c1-2-3(5(8)9)4(7)6(10)11/h3-4H,2,7H2,1H3,(H,8,9)(H,10,11)/p-2. The van der Waals surface area contributed by atoms with Crippen molar-refractivity contribution in [3.05, 3.63) is 0 Å². The summed E-state index contributed by atoms with van der Waals surface area (Å²) in [6.45, 7) is 1.52. The fraction of sp³-hybridized carbons (Fsp3) is 0.667. The fourth-order valence-corrected chi connectivity index (χ4v) is 0.731. The number of carboxylic acid groups (broad SMARTS) is 2. The van der Waals surface area contributed by atoms with Gasteiger partial charge in [-0.1, -0.05) is 6.92 Å². The maximum Gasteiger partial charge on any atom is 0.0588 e. The van der Waals surface area contributed by atoms with Gasteiger partial charge in [0.2, 0.25) is 0 Å². The number of carbonyl (C=O) groups excluding carboxylic acids is 2. The average Bonchev–Trinajstić information content (AvgIpc) is 1.88. The van der Waals surface area contributed by atoms with Crippen LogP contribution >= 0.6 is 0 Å². The Balaban J connectivity index is 4.25. The van der Waals surface area contributed by atoms with Crippen LogP contribution in [0.1, 0.15) is 13.3 Å². The number of carbonyl (C=O) groups is 2. The zero-order valence-corrected chi connectivity index (χ0v) is 6.07. The van der Waals surface area contributed by atoms with Crippen molar-refractivity contribution in [1.82, 2.24) is 0 Å². The molecule has 0 amide bonds. The van der Waals surface area contributed by atoms with Crippen LogP contribution in [-0.2, 0) is 9.59 Å². The Morgan fingerprint density at radius 2 is 1.82 bits per heavy atom. The summed E-state index contributed by atoms with van der Waals surface area (Å²) in [6.07, 6.45) is 0.123. The highest BCUT2D eigenvalue weighted by atomic mass is 16.4. The second kappa shape index (κ2) is 3.92. The summed E-state index contributed by atoms with van der Waals surface area (Å²) in [6, 6.07) is -1.48. The number of hydrogen-bond acceptors (Lipinski definition) is 5. The fourth-order valence-electron chi connectivity index (χ4n) is 0.731. The predicted octanol–water partition coefficient (Wildman–Crippen LogP) is -3.16. The molecule has 0 saturated heterocycles. The van der Waals surface area contributed by atoms with E-state index in [9.17, 15) is 19.8 Å². The average molecular weight is 159 g/mol. The lowest BCUT2D eigenvalue weighted by Crippen LogP contribution is -2.52. The highest BCUT2D eigenvalue weighted by Crippen LogP contribution is 2.04. The molecule has 0 aliphatic carbocycles. The predicted molar refractivity (Wildman–Crippen MR) is 31.8 cm³/mol. The Kier molecular flexibility index (Phi) is 3.53. The molecule has 64 valence electrons. The molecule has 0 rings (SSSR count). The van der Waals surface area contributed by atoms with Crippen LogP contribution in [0, 0.1) is 5.92 Å². The van der Waals surface area contributed by atoms with Crippen molar-refractivity contribution in [1.29, 1.82) is 0 Å². The molecule has 0 radical (unpaired) electrons. The zero-order chi connectivity index (χ0) is 9.02. The summed E-state index contributed by atoms with van der Waals surface area (Å²) < 4.78 is 0. The van der Waals surface area contributed by atoms with E-state index < -0.39 is 23.9 Å². The van der Waals surface area contributed by atoms with Crippen LogP contribution in [0.5, 0.6) is 0 Å². The van der Waals surface area contributed by atoms with Gasteiger partial charge in [0.1, 0.15) is 0 Å². The highest BCUT2D eigenvalue weighted by molar-refractivity contribution is 5.80. The third-order valence-corrected chi connectivity index (χ3v) is 1.45. The molecule has 0 aromatic heterocycles. The molecular formula is C6H9NO4-2. The summed E-state index contributed by atoms with van der Waals surface area (Å²) in [5.74, 6) is -4.19. The van der Waals surface area contributed by atoms with E-state index in [0.717, 1.165) is 0 Å². The molecular weight excluding hydrogens is 150 g/mol. The molecule has 11 heavy (non-hydrogen) atoms. The SMILES string of the molecule is CCC(C(=O)[O-])C(N)C(=O)[O-]. The summed E-state index contributed by atoms with van der Waals surface area (Å²) in [4.78, 5) is 20.3. The number of aliphatic carboxylic acids is 2. The second-order valence-corrected chi connectivity index (χ2v) is 2.18. The Morgan fingerprint density at radius 1 is 1.36 bits per heavy atom. The van der Waals surface area contributed by atoms with Crippen molar-refractivity contribution in [3.8, 4) is 0 Å². The van der Waals surface area contributed by atoms with Gasteiger partial charge >= 0.3 is 0 Å². The van der Waals surface area contributed by atoms with Gasteiger partial charge < -0.3 is 25.5 Å². The van der Waals surface area contributed by atoms with Crippen LogP contribution in [0.2, 0.25) is 0 Å². The molecule has 0 spiro atoms. The molecule has 0 fully saturated rings. The molecule has 2 atom stereocenters. The molecule has 0 saturated carbocycles. The Bertz CT molecular complexity index is 168. The Morgan fingerprint density at radius 3 is 1.91 bits per heavy atom. The summed E-state index contributed by atoms with van der Waals surface area (Å²) >= 11 is 0. The third kappa shape index (κ3) is 2.55. The van der Waals surface area contributed by atoms with Gasteiger partial charge in [-0.2, -0.15) is 0 Å². The van der Waals surface area contributed by atoms with Crippen molar-refractivity contribution in [2.24, 2.45) is 11.7 Å². The summed E-state index contributed by atoms with van der Waals surface area (Å²) in [5.41, 5.74) is 4.99. The van der Waals surface area contributed by atoms with Crippen LogP contribution in [0.25, 0.3) is 0 Å². The minimum atomic E-state index is -1.57. The summed E-state index contributed by atoms with van der Waals surface area (Å²) in [5, 5.41) is 20.3. The van der Waals surface area contributed by atoms with Gasteiger partial charge in [-0.05, 0) is 6.42 Å². The molecule has 2 unspecified atom stereocenters. The number of nitrogens with two attached hydrogens (primary N) is 1. The van der Waals surface area contributed by atoms with Crippen molar-refractivity contribution in [2.45, 2.75) is 19.4 Å². The normalized spacial score (nSPS) is 15.5. The van der Waals surface area contributed by atoms with Crippen molar-refractivity contribution >= 4 is 11.9 Å². The van der Waals surface area contributed by atoms with E-state index in [-0.39, 0.29) is 6.42 Å². The number of rotatable bonds is 4. The molecule has 0 aromatic rings. The first-order chi connectivity index (χ1) is 5.00. The van der Waals surface area contributed by atoms with E-state index in [0.29, 0.717) is 0 Å². The maximum absolute atomic E-state index is 10.2. The first-order valence-corrected chi connectivity index (χ1v) is 3.18. The molecule has 2 N–H and O–H groups in total. The minimum Gasteiger partial charge on any atom is -0.550 e. The van der Waals surface area contributed by atoms with E-state index in [1.807, 2.05) is 0 Å². The first-order valence-electron chi connectivity index (χ1n) is 3.18. The van der Waals surface area contributed by atoms with Crippen molar-refractivity contribution in [3.63, 3.8) is 0 Å². The quantitative estimate of drug-likeness (QED) is 0.466. The first kappa shape index (κ1) is 9.90. The van der Waals surface area contributed by atoms with Gasteiger partial charge in [-0.25, -0.2) is 0 Å². The maximum atomic E-state index is 10.2. The Hall–Kier alpha value is -1.10. The zero-order valence-electron chi connectivity index (χ0n) is 6.07. The number of hydrogen-bond donors (Lipinski definition) is 1. The minimum absolute atomic E-state index is 0.123. The molecule has 5 nitrogen and oxygen atoms in total. The lowest BCUT2D eigenvalue weighted by Gasteiger charge is -2.23. The smallest absolute Gasteiger partial charge is 0.0588 e. The molecule has 0 aliphatic rings. The number of carboxylic acids is 2. The van der Waals surface area contributed by atoms with Crippen LogP contribution in [0.15, 0.2) is 0 Å².